The number of thioether (sulfide) groups is 1. The van der Waals surface area contributed by atoms with Gasteiger partial charge in [-0.05, 0) is 19.1 Å². The van der Waals surface area contributed by atoms with Crippen LogP contribution in [0.25, 0.3) is 0 Å². The molecule has 2 aliphatic carbocycles. The molecule has 2 aliphatic heterocycles. The number of fused-ring (bicyclic) bond motifs is 3. The van der Waals surface area contributed by atoms with Crippen molar-refractivity contribution >= 4 is 17.9 Å². The molecule has 2 saturated heterocycles. The summed E-state index contributed by atoms with van der Waals surface area (Å²) in [6, 6.07) is 0.0263. The number of ether oxygens (including phenoxy) is 3. The molecular weight excluding hydrogens is 266 g/mol. The van der Waals surface area contributed by atoms with Crippen molar-refractivity contribution in [3.63, 3.8) is 0 Å². The SMILES string of the molecule is CS[C@@H]1[C@H]2NC(=O)O[C@H]2[C@H]2OC3(CCCCC3)O[C@H]21. The summed E-state index contributed by atoms with van der Waals surface area (Å²) >= 11 is 1.73. The first-order valence-electron chi connectivity index (χ1n) is 7.08. The number of alkyl carbamates (subject to hydrolysis) is 1. The fraction of sp³-hybridized carbons (Fsp3) is 0.923. The molecule has 4 rings (SSSR count). The first-order chi connectivity index (χ1) is 9.22. The van der Waals surface area contributed by atoms with Crippen molar-refractivity contribution in [2.45, 2.75) is 67.5 Å². The van der Waals surface area contributed by atoms with Crippen LogP contribution in [0.15, 0.2) is 0 Å². The topological polar surface area (TPSA) is 56.8 Å². The third-order valence-electron chi connectivity index (χ3n) is 4.80. The number of hydrogen-bond acceptors (Lipinski definition) is 5. The summed E-state index contributed by atoms with van der Waals surface area (Å²) in [5.74, 6) is -0.401. The number of nitrogens with one attached hydrogen (secondary N) is 1. The maximum absolute atomic E-state index is 11.4. The molecule has 0 unspecified atom stereocenters. The predicted molar refractivity (Wildman–Crippen MR) is 70.1 cm³/mol. The fourth-order valence-corrected chi connectivity index (χ4v) is 4.96. The summed E-state index contributed by atoms with van der Waals surface area (Å²) in [5.41, 5.74) is 0. The molecular formula is C13H19NO4S. The number of carbonyl (C=O) groups excluding carboxylic acids is 1. The van der Waals surface area contributed by atoms with Crippen LogP contribution in [0.1, 0.15) is 32.1 Å². The van der Waals surface area contributed by atoms with Gasteiger partial charge in [-0.15, -0.1) is 0 Å². The molecule has 0 bridgehead atoms. The molecule has 0 aromatic carbocycles. The highest BCUT2D eigenvalue weighted by molar-refractivity contribution is 7.99. The van der Waals surface area contributed by atoms with Crippen LogP contribution in [0.4, 0.5) is 4.79 Å². The third kappa shape index (κ3) is 1.73. The van der Waals surface area contributed by atoms with E-state index < -0.39 is 5.79 Å². The molecule has 5 nitrogen and oxygen atoms in total. The maximum atomic E-state index is 11.4. The van der Waals surface area contributed by atoms with Gasteiger partial charge in [0.05, 0.1) is 11.3 Å². The smallest absolute Gasteiger partial charge is 0.407 e. The van der Waals surface area contributed by atoms with E-state index >= 15 is 0 Å². The molecule has 2 saturated carbocycles. The Balaban J connectivity index is 1.59. The van der Waals surface area contributed by atoms with Crippen LogP contribution in [0.3, 0.4) is 0 Å². The average molecular weight is 285 g/mol. The van der Waals surface area contributed by atoms with Crippen LogP contribution >= 0.6 is 11.8 Å². The second-order valence-electron chi connectivity index (χ2n) is 5.88. The first kappa shape index (κ1) is 12.3. The molecule has 19 heavy (non-hydrogen) atoms. The van der Waals surface area contributed by atoms with E-state index in [1.54, 1.807) is 11.8 Å². The minimum absolute atomic E-state index is 0.0263. The van der Waals surface area contributed by atoms with E-state index in [1.807, 2.05) is 0 Å². The Morgan fingerprint density at radius 1 is 1.16 bits per heavy atom. The van der Waals surface area contributed by atoms with Crippen LogP contribution in [-0.4, -0.2) is 47.7 Å². The van der Waals surface area contributed by atoms with Gasteiger partial charge in [-0.2, -0.15) is 11.8 Å². The van der Waals surface area contributed by atoms with Crippen LogP contribution in [-0.2, 0) is 14.2 Å². The molecule has 1 N–H and O–H groups in total. The Kier molecular flexibility index (Phi) is 2.76. The number of hydrogen-bond donors (Lipinski definition) is 1. The summed E-state index contributed by atoms with van der Waals surface area (Å²) in [6.45, 7) is 0. The van der Waals surface area contributed by atoms with E-state index in [-0.39, 0.29) is 35.7 Å². The Labute approximate surface area is 116 Å². The van der Waals surface area contributed by atoms with Crippen molar-refractivity contribution in [2.24, 2.45) is 0 Å². The first-order valence-corrected chi connectivity index (χ1v) is 8.37. The minimum atomic E-state index is -0.401. The van der Waals surface area contributed by atoms with Gasteiger partial charge in [-0.3, -0.25) is 0 Å². The van der Waals surface area contributed by atoms with E-state index in [4.69, 9.17) is 14.2 Å². The van der Waals surface area contributed by atoms with Gasteiger partial charge < -0.3 is 19.5 Å². The highest BCUT2D eigenvalue weighted by atomic mass is 32.2. The zero-order valence-corrected chi connectivity index (χ0v) is 11.8. The molecule has 1 spiro atoms. The van der Waals surface area contributed by atoms with Crippen molar-refractivity contribution < 1.29 is 19.0 Å². The van der Waals surface area contributed by atoms with E-state index in [1.165, 1.54) is 6.42 Å². The third-order valence-corrected chi connectivity index (χ3v) is 5.90. The van der Waals surface area contributed by atoms with Crippen LogP contribution in [0, 0.1) is 0 Å². The Bertz CT molecular complexity index is 398. The Morgan fingerprint density at radius 3 is 2.63 bits per heavy atom. The summed E-state index contributed by atoms with van der Waals surface area (Å²) in [5, 5.41) is 3.12. The number of amides is 1. The number of carbonyl (C=O) groups is 1. The molecule has 4 fully saturated rings. The Hall–Kier alpha value is -0.460. The van der Waals surface area contributed by atoms with Crippen LogP contribution in [0.5, 0.6) is 0 Å². The zero-order chi connectivity index (χ0) is 13.0. The predicted octanol–water partition coefficient (Wildman–Crippen LogP) is 1.65. The molecule has 1 amide bonds. The van der Waals surface area contributed by atoms with E-state index in [9.17, 15) is 4.79 Å². The molecule has 6 heteroatoms. The Morgan fingerprint density at radius 2 is 1.89 bits per heavy atom. The minimum Gasteiger partial charge on any atom is -0.441 e. The van der Waals surface area contributed by atoms with Crippen molar-refractivity contribution in [2.75, 3.05) is 6.26 Å². The number of rotatable bonds is 1. The molecule has 5 atom stereocenters. The summed E-state index contributed by atoms with van der Waals surface area (Å²) < 4.78 is 18.0. The van der Waals surface area contributed by atoms with E-state index in [2.05, 4.69) is 11.6 Å². The van der Waals surface area contributed by atoms with Gasteiger partial charge in [-0.1, -0.05) is 6.42 Å². The van der Waals surface area contributed by atoms with Crippen molar-refractivity contribution in [3.8, 4) is 0 Å². The van der Waals surface area contributed by atoms with E-state index in [0.717, 1.165) is 25.7 Å². The normalized spacial score (nSPS) is 46.8. The highest BCUT2D eigenvalue weighted by Gasteiger charge is 2.64. The van der Waals surface area contributed by atoms with Crippen LogP contribution < -0.4 is 5.32 Å². The van der Waals surface area contributed by atoms with Gasteiger partial charge in [-0.25, -0.2) is 4.79 Å². The zero-order valence-electron chi connectivity index (χ0n) is 11.0. The van der Waals surface area contributed by atoms with Crippen molar-refractivity contribution in [1.29, 1.82) is 0 Å². The quantitative estimate of drug-likeness (QED) is 0.794. The second kappa shape index (κ2) is 4.27. The van der Waals surface area contributed by atoms with Gasteiger partial charge in [0, 0.05) is 12.8 Å². The second-order valence-corrected chi connectivity index (χ2v) is 6.89. The van der Waals surface area contributed by atoms with Gasteiger partial charge >= 0.3 is 6.09 Å². The largest absolute Gasteiger partial charge is 0.441 e. The standard InChI is InChI=1S/C13H19NO4S/c1-19-11-7-8(16-12(15)14-7)9-10(11)18-13(17-9)5-3-2-4-6-13/h7-11H,2-6H2,1H3,(H,14,15)/t7-,8+,9+,10+,11+/m0/s1. The molecule has 0 aromatic heterocycles. The summed E-state index contributed by atoms with van der Waals surface area (Å²) in [4.78, 5) is 11.4. The molecule has 2 heterocycles. The monoisotopic (exact) mass is 285 g/mol. The average Bonchev–Trinajstić information content (AvgIpc) is 3.00. The molecule has 0 aromatic rings. The van der Waals surface area contributed by atoms with Crippen molar-refractivity contribution in [1.82, 2.24) is 5.32 Å². The lowest BCUT2D eigenvalue weighted by molar-refractivity contribution is -0.204. The van der Waals surface area contributed by atoms with Crippen molar-refractivity contribution in [3.05, 3.63) is 0 Å². The van der Waals surface area contributed by atoms with Gasteiger partial charge in [0.2, 0.25) is 0 Å². The lowest BCUT2D eigenvalue weighted by Crippen LogP contribution is -2.43. The lowest BCUT2D eigenvalue weighted by Gasteiger charge is -2.34. The molecule has 0 radical (unpaired) electrons. The van der Waals surface area contributed by atoms with Gasteiger partial charge in [0.15, 0.2) is 11.9 Å². The van der Waals surface area contributed by atoms with Gasteiger partial charge in [0.25, 0.3) is 0 Å². The molecule has 4 aliphatic rings. The fourth-order valence-electron chi connectivity index (χ4n) is 3.97. The molecule has 106 valence electrons. The maximum Gasteiger partial charge on any atom is 0.407 e. The van der Waals surface area contributed by atoms with E-state index in [0.29, 0.717) is 0 Å². The lowest BCUT2D eigenvalue weighted by atomic mass is 9.94. The van der Waals surface area contributed by atoms with Crippen LogP contribution in [0.2, 0.25) is 0 Å². The highest BCUT2D eigenvalue weighted by Crippen LogP contribution is 2.49. The van der Waals surface area contributed by atoms with Gasteiger partial charge in [0.1, 0.15) is 12.2 Å². The summed E-state index contributed by atoms with van der Waals surface area (Å²) in [7, 11) is 0. The summed E-state index contributed by atoms with van der Waals surface area (Å²) in [6.07, 6.45) is 7.03.